The van der Waals surface area contributed by atoms with Crippen LogP contribution >= 0.6 is 0 Å². The lowest BCUT2D eigenvalue weighted by molar-refractivity contribution is 0.193. The Morgan fingerprint density at radius 2 is 2.00 bits per heavy atom. The summed E-state index contributed by atoms with van der Waals surface area (Å²) in [6.07, 6.45) is 2.66. The average Bonchev–Trinajstić information content (AvgIpc) is 2.98. The lowest BCUT2D eigenvalue weighted by Gasteiger charge is -2.11. The summed E-state index contributed by atoms with van der Waals surface area (Å²) in [6.45, 7) is 5.78. The zero-order valence-corrected chi connectivity index (χ0v) is 10.8. The number of hydrogen-bond acceptors (Lipinski definition) is 3. The highest BCUT2D eigenvalue weighted by atomic mass is 16.5. The number of benzene rings is 1. The lowest BCUT2D eigenvalue weighted by atomic mass is 10.1. The summed E-state index contributed by atoms with van der Waals surface area (Å²) in [5, 5.41) is 4.36. The molecule has 1 aromatic heterocycles. The van der Waals surface area contributed by atoms with Crippen molar-refractivity contribution < 1.29 is 4.74 Å². The van der Waals surface area contributed by atoms with E-state index < -0.39 is 0 Å². The van der Waals surface area contributed by atoms with Gasteiger partial charge in [0.1, 0.15) is 12.2 Å². The fraction of sp³-hybridized carbons (Fsp3) is 0.429. The smallest absolute Gasteiger partial charge is 0.138 e. The van der Waals surface area contributed by atoms with Crippen molar-refractivity contribution in [3.8, 4) is 5.69 Å². The van der Waals surface area contributed by atoms with E-state index >= 15 is 0 Å². The number of aryl methyl sites for hydroxylation is 2. The molecular weight excluding hydrogens is 226 g/mol. The Hall–Kier alpha value is -1.68. The lowest BCUT2D eigenvalue weighted by Crippen LogP contribution is -2.09. The summed E-state index contributed by atoms with van der Waals surface area (Å²) in [5.41, 5.74) is 3.58. The molecule has 1 atom stereocenters. The van der Waals surface area contributed by atoms with E-state index in [1.54, 1.807) is 6.33 Å². The van der Waals surface area contributed by atoms with Crippen LogP contribution in [0.15, 0.2) is 24.5 Å². The third kappa shape index (κ3) is 2.04. The highest BCUT2D eigenvalue weighted by Gasteiger charge is 2.23. The number of ether oxygens (including phenoxy) is 1. The predicted molar refractivity (Wildman–Crippen MR) is 69.0 cm³/mol. The zero-order valence-electron chi connectivity index (χ0n) is 10.8. The summed E-state index contributed by atoms with van der Waals surface area (Å²) in [5.74, 6) is 1.38. The minimum absolute atomic E-state index is 0.369. The third-order valence-electron chi connectivity index (χ3n) is 3.32. The van der Waals surface area contributed by atoms with Crippen LogP contribution < -0.4 is 0 Å². The van der Waals surface area contributed by atoms with Gasteiger partial charge in [-0.2, -0.15) is 5.10 Å². The molecule has 0 radical (unpaired) electrons. The van der Waals surface area contributed by atoms with Crippen molar-refractivity contribution in [1.82, 2.24) is 14.8 Å². The van der Waals surface area contributed by atoms with E-state index in [-0.39, 0.29) is 0 Å². The van der Waals surface area contributed by atoms with Crippen LogP contribution in [0.5, 0.6) is 0 Å². The first kappa shape index (κ1) is 11.4. The van der Waals surface area contributed by atoms with E-state index in [2.05, 4.69) is 42.1 Å². The van der Waals surface area contributed by atoms with E-state index in [0.717, 1.165) is 31.1 Å². The molecule has 2 aromatic rings. The molecule has 0 bridgehead atoms. The third-order valence-corrected chi connectivity index (χ3v) is 3.32. The molecule has 94 valence electrons. The van der Waals surface area contributed by atoms with Crippen LogP contribution in [0.4, 0.5) is 0 Å². The molecule has 1 saturated heterocycles. The van der Waals surface area contributed by atoms with Gasteiger partial charge in [-0.05, 0) is 43.5 Å². The van der Waals surface area contributed by atoms with Crippen LogP contribution in [0.2, 0.25) is 0 Å². The summed E-state index contributed by atoms with van der Waals surface area (Å²) < 4.78 is 7.38. The molecule has 0 saturated carbocycles. The summed E-state index contributed by atoms with van der Waals surface area (Å²) >= 11 is 0. The maximum Gasteiger partial charge on any atom is 0.138 e. The van der Waals surface area contributed by atoms with Crippen LogP contribution in [0, 0.1) is 13.8 Å². The van der Waals surface area contributed by atoms with Gasteiger partial charge in [0, 0.05) is 12.5 Å². The Morgan fingerprint density at radius 3 is 2.67 bits per heavy atom. The monoisotopic (exact) mass is 243 g/mol. The maximum absolute atomic E-state index is 5.44. The van der Waals surface area contributed by atoms with Gasteiger partial charge in [-0.3, -0.25) is 0 Å². The van der Waals surface area contributed by atoms with Gasteiger partial charge in [-0.1, -0.05) is 6.07 Å². The van der Waals surface area contributed by atoms with E-state index in [1.807, 2.05) is 4.68 Å². The summed E-state index contributed by atoms with van der Waals surface area (Å²) in [7, 11) is 0. The highest BCUT2D eigenvalue weighted by molar-refractivity contribution is 5.39. The van der Waals surface area contributed by atoms with Crippen molar-refractivity contribution in [2.24, 2.45) is 0 Å². The van der Waals surface area contributed by atoms with Crippen LogP contribution in [-0.4, -0.2) is 28.0 Å². The zero-order chi connectivity index (χ0) is 12.5. The van der Waals surface area contributed by atoms with Crippen molar-refractivity contribution in [2.75, 3.05) is 13.2 Å². The Bertz CT molecular complexity index is 536. The normalized spacial score (nSPS) is 19.3. The van der Waals surface area contributed by atoms with E-state index in [9.17, 15) is 0 Å². The van der Waals surface area contributed by atoms with Crippen molar-refractivity contribution in [2.45, 2.75) is 26.2 Å². The standard InChI is InChI=1S/C14H17N3O/c1-10-5-11(2)7-13(6-10)17-14(15-9-16-17)12-3-4-18-8-12/h5-7,9,12H,3-4,8H2,1-2H3/t12-/m0/s1. The molecule has 0 N–H and O–H groups in total. The largest absolute Gasteiger partial charge is 0.381 e. The Kier molecular flexibility index (Phi) is 2.88. The van der Waals surface area contributed by atoms with Crippen LogP contribution in [0.3, 0.4) is 0 Å². The molecule has 1 aromatic carbocycles. The van der Waals surface area contributed by atoms with E-state index in [1.165, 1.54) is 11.1 Å². The van der Waals surface area contributed by atoms with Gasteiger partial charge in [0.15, 0.2) is 0 Å². The minimum Gasteiger partial charge on any atom is -0.381 e. The molecule has 18 heavy (non-hydrogen) atoms. The Balaban J connectivity index is 2.03. The number of nitrogens with zero attached hydrogens (tertiary/aromatic N) is 3. The highest BCUT2D eigenvalue weighted by Crippen LogP contribution is 2.25. The molecule has 0 amide bonds. The van der Waals surface area contributed by atoms with Crippen molar-refractivity contribution in [3.05, 3.63) is 41.5 Å². The first-order valence-corrected chi connectivity index (χ1v) is 6.30. The van der Waals surface area contributed by atoms with Crippen molar-refractivity contribution >= 4 is 0 Å². The second-order valence-corrected chi connectivity index (χ2v) is 4.94. The maximum atomic E-state index is 5.44. The van der Waals surface area contributed by atoms with E-state index in [0.29, 0.717) is 5.92 Å². The summed E-state index contributed by atoms with van der Waals surface area (Å²) in [4.78, 5) is 4.41. The van der Waals surface area contributed by atoms with Gasteiger partial charge < -0.3 is 4.74 Å². The second kappa shape index (κ2) is 4.53. The number of rotatable bonds is 2. The van der Waals surface area contributed by atoms with Crippen molar-refractivity contribution in [1.29, 1.82) is 0 Å². The summed E-state index contributed by atoms with van der Waals surface area (Å²) in [6, 6.07) is 6.45. The minimum atomic E-state index is 0.369. The number of aromatic nitrogens is 3. The Morgan fingerprint density at radius 1 is 1.22 bits per heavy atom. The SMILES string of the molecule is Cc1cc(C)cc(-n2ncnc2[C@H]2CCOC2)c1. The van der Waals surface area contributed by atoms with Crippen LogP contribution in [-0.2, 0) is 4.74 Å². The predicted octanol–water partition coefficient (Wildman–Crippen LogP) is 2.39. The molecule has 1 aliphatic heterocycles. The molecule has 0 aliphatic carbocycles. The average molecular weight is 243 g/mol. The number of hydrogen-bond donors (Lipinski definition) is 0. The van der Waals surface area contributed by atoms with Crippen LogP contribution in [0.1, 0.15) is 29.3 Å². The van der Waals surface area contributed by atoms with Gasteiger partial charge in [0.25, 0.3) is 0 Å². The first-order chi connectivity index (χ1) is 8.74. The van der Waals surface area contributed by atoms with E-state index in [4.69, 9.17) is 4.74 Å². The molecule has 0 unspecified atom stereocenters. The van der Waals surface area contributed by atoms with Gasteiger partial charge >= 0.3 is 0 Å². The van der Waals surface area contributed by atoms with Gasteiger partial charge in [0.2, 0.25) is 0 Å². The topological polar surface area (TPSA) is 39.9 Å². The quantitative estimate of drug-likeness (QED) is 0.813. The molecule has 0 spiro atoms. The molecular formula is C14H17N3O. The van der Waals surface area contributed by atoms with Crippen LogP contribution in [0.25, 0.3) is 5.69 Å². The van der Waals surface area contributed by atoms with Crippen molar-refractivity contribution in [3.63, 3.8) is 0 Å². The fourth-order valence-electron chi connectivity index (χ4n) is 2.54. The molecule has 1 aliphatic rings. The van der Waals surface area contributed by atoms with Gasteiger partial charge in [-0.15, -0.1) is 0 Å². The molecule has 4 heteroatoms. The molecule has 2 heterocycles. The first-order valence-electron chi connectivity index (χ1n) is 6.30. The molecule has 4 nitrogen and oxygen atoms in total. The van der Waals surface area contributed by atoms with Gasteiger partial charge in [-0.25, -0.2) is 9.67 Å². The molecule has 3 rings (SSSR count). The molecule has 1 fully saturated rings. The van der Waals surface area contributed by atoms with Gasteiger partial charge in [0.05, 0.1) is 12.3 Å². The Labute approximate surface area is 107 Å². The second-order valence-electron chi connectivity index (χ2n) is 4.94. The fourth-order valence-corrected chi connectivity index (χ4v) is 2.54.